The van der Waals surface area contributed by atoms with Gasteiger partial charge in [-0.05, 0) is 23.7 Å². The van der Waals surface area contributed by atoms with Gasteiger partial charge < -0.3 is 11.1 Å². The molecule has 0 aromatic rings. The van der Waals surface area contributed by atoms with Gasteiger partial charge in [0, 0.05) is 18.4 Å². The molecule has 0 aliphatic heterocycles. The van der Waals surface area contributed by atoms with Crippen molar-refractivity contribution in [2.75, 3.05) is 6.54 Å². The number of primary amides is 1. The third kappa shape index (κ3) is 6.92. The summed E-state index contributed by atoms with van der Waals surface area (Å²) in [6.07, 6.45) is 2.01. The Morgan fingerprint density at radius 3 is 1.90 bits per heavy atom. The van der Waals surface area contributed by atoms with Crippen molar-refractivity contribution in [3.8, 4) is 0 Å². The first-order valence-electron chi connectivity index (χ1n) is 7.38. The van der Waals surface area contributed by atoms with Crippen LogP contribution in [0.2, 0.25) is 0 Å². The minimum Gasteiger partial charge on any atom is -0.370 e. The van der Waals surface area contributed by atoms with E-state index in [0.717, 1.165) is 12.8 Å². The van der Waals surface area contributed by atoms with Gasteiger partial charge in [-0.2, -0.15) is 0 Å². The fourth-order valence-corrected chi connectivity index (χ4v) is 2.61. The first-order chi connectivity index (χ1) is 8.81. The number of carbonyl (C=O) groups is 2. The van der Waals surface area contributed by atoms with Crippen LogP contribution in [-0.2, 0) is 9.59 Å². The Morgan fingerprint density at radius 2 is 1.50 bits per heavy atom. The fraction of sp³-hybridized carbons (Fsp3) is 0.875. The van der Waals surface area contributed by atoms with Crippen molar-refractivity contribution in [1.82, 2.24) is 5.32 Å². The van der Waals surface area contributed by atoms with E-state index in [1.165, 1.54) is 0 Å². The van der Waals surface area contributed by atoms with Crippen LogP contribution in [0, 0.1) is 16.2 Å². The van der Waals surface area contributed by atoms with Gasteiger partial charge in [-0.25, -0.2) is 0 Å². The first-order valence-corrected chi connectivity index (χ1v) is 7.38. The molecule has 0 spiro atoms. The molecule has 0 aromatic heterocycles. The average molecular weight is 284 g/mol. The van der Waals surface area contributed by atoms with Gasteiger partial charge in [0.2, 0.25) is 11.8 Å². The Balaban J connectivity index is 4.54. The molecule has 2 amide bonds. The maximum absolute atomic E-state index is 12.1. The molecule has 0 radical (unpaired) electrons. The van der Waals surface area contributed by atoms with Crippen LogP contribution in [0.15, 0.2) is 0 Å². The molecule has 20 heavy (non-hydrogen) atoms. The summed E-state index contributed by atoms with van der Waals surface area (Å²) in [7, 11) is 0. The highest BCUT2D eigenvalue weighted by atomic mass is 16.2. The lowest BCUT2D eigenvalue weighted by molar-refractivity contribution is -0.130. The molecule has 118 valence electrons. The molecule has 0 heterocycles. The monoisotopic (exact) mass is 284 g/mol. The lowest BCUT2D eigenvalue weighted by atomic mass is 9.73. The molecule has 0 aromatic carbocycles. The Kier molecular flexibility index (Phi) is 6.25. The SMILES string of the molecule is CCC(C)(C)C(=O)NCC(C)(C)CC(C)(C)CC(N)=O. The number of nitrogens with two attached hydrogens (primary N) is 1. The van der Waals surface area contributed by atoms with Crippen molar-refractivity contribution >= 4 is 11.8 Å². The number of rotatable bonds is 8. The van der Waals surface area contributed by atoms with E-state index in [1.807, 2.05) is 34.6 Å². The molecule has 0 bridgehead atoms. The predicted molar refractivity (Wildman–Crippen MR) is 83.1 cm³/mol. The highest BCUT2D eigenvalue weighted by Crippen LogP contribution is 2.35. The van der Waals surface area contributed by atoms with Gasteiger partial charge in [0.25, 0.3) is 0 Å². The van der Waals surface area contributed by atoms with Gasteiger partial charge in [-0.3, -0.25) is 9.59 Å². The molecule has 0 saturated carbocycles. The molecule has 0 unspecified atom stereocenters. The predicted octanol–water partition coefficient (Wildman–Crippen LogP) is 2.86. The third-order valence-electron chi connectivity index (χ3n) is 3.84. The Morgan fingerprint density at radius 1 is 1.00 bits per heavy atom. The van der Waals surface area contributed by atoms with Crippen LogP contribution in [0.1, 0.15) is 67.7 Å². The van der Waals surface area contributed by atoms with E-state index in [0.29, 0.717) is 13.0 Å². The van der Waals surface area contributed by atoms with E-state index in [4.69, 9.17) is 5.73 Å². The van der Waals surface area contributed by atoms with E-state index in [-0.39, 0.29) is 28.1 Å². The van der Waals surface area contributed by atoms with E-state index >= 15 is 0 Å². The number of nitrogens with one attached hydrogen (secondary N) is 1. The van der Waals surface area contributed by atoms with Crippen LogP contribution in [-0.4, -0.2) is 18.4 Å². The van der Waals surface area contributed by atoms with Crippen LogP contribution in [0.4, 0.5) is 0 Å². The number of amides is 2. The van der Waals surface area contributed by atoms with Crippen LogP contribution in [0.3, 0.4) is 0 Å². The second-order valence-corrected chi connectivity index (χ2v) is 8.07. The molecule has 0 aliphatic carbocycles. The van der Waals surface area contributed by atoms with Crippen molar-refractivity contribution in [3.05, 3.63) is 0 Å². The van der Waals surface area contributed by atoms with Gasteiger partial charge in [0.05, 0.1) is 0 Å². The smallest absolute Gasteiger partial charge is 0.225 e. The Bertz CT molecular complexity index is 357. The maximum atomic E-state index is 12.1. The average Bonchev–Trinajstić information content (AvgIpc) is 2.22. The van der Waals surface area contributed by atoms with Crippen molar-refractivity contribution < 1.29 is 9.59 Å². The zero-order chi connectivity index (χ0) is 16.2. The number of hydrogen-bond donors (Lipinski definition) is 2. The summed E-state index contributed by atoms with van der Waals surface area (Å²) in [6.45, 7) is 14.8. The highest BCUT2D eigenvalue weighted by molar-refractivity contribution is 5.81. The Labute approximate surface area is 123 Å². The van der Waals surface area contributed by atoms with Crippen molar-refractivity contribution in [1.29, 1.82) is 0 Å². The van der Waals surface area contributed by atoms with Gasteiger partial charge in [-0.15, -0.1) is 0 Å². The summed E-state index contributed by atoms with van der Waals surface area (Å²) < 4.78 is 0. The van der Waals surface area contributed by atoms with Crippen molar-refractivity contribution in [3.63, 3.8) is 0 Å². The van der Waals surface area contributed by atoms with Gasteiger partial charge in [0.15, 0.2) is 0 Å². The summed E-state index contributed by atoms with van der Waals surface area (Å²) in [5.74, 6) is -0.192. The molecule has 4 nitrogen and oxygen atoms in total. The van der Waals surface area contributed by atoms with E-state index in [9.17, 15) is 9.59 Å². The molecule has 0 saturated heterocycles. The van der Waals surface area contributed by atoms with Crippen LogP contribution >= 0.6 is 0 Å². The topological polar surface area (TPSA) is 72.2 Å². The normalized spacial score (nSPS) is 13.2. The first kappa shape index (κ1) is 18.9. The van der Waals surface area contributed by atoms with Gasteiger partial charge in [-0.1, -0.05) is 48.5 Å². The lowest BCUT2D eigenvalue weighted by Gasteiger charge is -2.35. The van der Waals surface area contributed by atoms with Crippen molar-refractivity contribution in [2.24, 2.45) is 22.0 Å². The minimum absolute atomic E-state index is 0.0710. The van der Waals surface area contributed by atoms with Crippen LogP contribution in [0.5, 0.6) is 0 Å². The van der Waals surface area contributed by atoms with E-state index < -0.39 is 0 Å². The molecule has 4 heteroatoms. The van der Waals surface area contributed by atoms with Gasteiger partial charge >= 0.3 is 0 Å². The molecule has 0 aliphatic rings. The molecule has 0 fully saturated rings. The third-order valence-corrected chi connectivity index (χ3v) is 3.84. The second-order valence-electron chi connectivity index (χ2n) is 8.07. The molecule has 3 N–H and O–H groups in total. The summed E-state index contributed by atoms with van der Waals surface area (Å²) in [5, 5.41) is 3.03. The lowest BCUT2D eigenvalue weighted by Crippen LogP contribution is -2.42. The molecular weight excluding hydrogens is 252 g/mol. The molecule has 0 atom stereocenters. The van der Waals surface area contributed by atoms with E-state index in [1.54, 1.807) is 0 Å². The largest absolute Gasteiger partial charge is 0.370 e. The minimum atomic E-state index is -0.335. The zero-order valence-electron chi connectivity index (χ0n) is 14.2. The molecule has 0 rings (SSSR count). The number of hydrogen-bond acceptors (Lipinski definition) is 2. The second kappa shape index (κ2) is 6.59. The highest BCUT2D eigenvalue weighted by Gasteiger charge is 2.32. The van der Waals surface area contributed by atoms with Crippen LogP contribution < -0.4 is 11.1 Å². The summed E-state index contributed by atoms with van der Waals surface area (Å²) in [6, 6.07) is 0. The van der Waals surface area contributed by atoms with E-state index in [2.05, 4.69) is 19.2 Å². The summed E-state index contributed by atoms with van der Waals surface area (Å²) in [5.41, 5.74) is 4.73. The Hall–Kier alpha value is -1.06. The van der Waals surface area contributed by atoms with Gasteiger partial charge in [0.1, 0.15) is 0 Å². The summed E-state index contributed by atoms with van der Waals surface area (Å²) in [4.78, 5) is 23.2. The summed E-state index contributed by atoms with van der Waals surface area (Å²) >= 11 is 0. The van der Waals surface area contributed by atoms with Crippen molar-refractivity contribution in [2.45, 2.75) is 67.7 Å². The number of carbonyl (C=O) groups excluding carboxylic acids is 2. The molecular formula is C16H32N2O2. The van der Waals surface area contributed by atoms with Crippen LogP contribution in [0.25, 0.3) is 0 Å². The fourth-order valence-electron chi connectivity index (χ4n) is 2.61. The maximum Gasteiger partial charge on any atom is 0.225 e. The zero-order valence-corrected chi connectivity index (χ0v) is 14.2. The quantitative estimate of drug-likeness (QED) is 0.719. The standard InChI is InChI=1S/C16H32N2O2/c1-8-16(6,7)13(20)18-11-15(4,5)10-14(2,3)9-12(17)19/h8-11H2,1-7H3,(H2,17,19)(H,18,20).